The van der Waals surface area contributed by atoms with Crippen molar-refractivity contribution in [1.29, 1.82) is 0 Å². The Morgan fingerprint density at radius 1 is 1.40 bits per heavy atom. The minimum absolute atomic E-state index is 0.741. The molecule has 0 aromatic rings. The highest BCUT2D eigenvalue weighted by molar-refractivity contribution is 5.31. The molecular formula is C8H7NO. The molecule has 0 saturated heterocycles. The quantitative estimate of drug-likeness (QED) is 0.491. The van der Waals surface area contributed by atoms with Gasteiger partial charge in [-0.05, 0) is 0 Å². The van der Waals surface area contributed by atoms with Crippen LogP contribution >= 0.6 is 0 Å². The molecule has 0 aromatic heterocycles. The van der Waals surface area contributed by atoms with E-state index in [0.29, 0.717) is 0 Å². The molecular weight excluding hydrogens is 126 g/mol. The summed E-state index contributed by atoms with van der Waals surface area (Å²) in [5, 5.41) is 3.19. The fourth-order valence-electron chi connectivity index (χ4n) is 0.974. The molecule has 2 aliphatic rings. The maximum atomic E-state index is 5.31. The summed E-state index contributed by atoms with van der Waals surface area (Å²) in [6.45, 7) is 1.62. The van der Waals surface area contributed by atoms with Crippen molar-refractivity contribution in [3.63, 3.8) is 0 Å². The average Bonchev–Trinajstić information content (AvgIpc) is 2.05. The van der Waals surface area contributed by atoms with Crippen LogP contribution in [-0.2, 0) is 4.74 Å². The van der Waals surface area contributed by atoms with Crippen molar-refractivity contribution in [2.75, 3.05) is 13.2 Å². The lowest BCUT2D eigenvalue weighted by Crippen LogP contribution is -2.25. The molecule has 1 aliphatic heterocycles. The number of nitrogens with one attached hydrogen (secondary N) is 1. The minimum atomic E-state index is 0.741. The van der Waals surface area contributed by atoms with E-state index < -0.39 is 0 Å². The van der Waals surface area contributed by atoms with Crippen molar-refractivity contribution in [2.45, 2.75) is 0 Å². The summed E-state index contributed by atoms with van der Waals surface area (Å²) in [6.07, 6.45) is 3.63. The molecule has 1 aliphatic carbocycles. The zero-order valence-electron chi connectivity index (χ0n) is 5.48. The zero-order valence-corrected chi connectivity index (χ0v) is 5.48. The highest BCUT2D eigenvalue weighted by Gasteiger charge is 2.08. The standard InChI is InChI=1S/C8H7NO/c1-2-4-8-7(3-1)9-5-6-10-8/h3-4,9H,5-6H2. The van der Waals surface area contributed by atoms with E-state index in [9.17, 15) is 0 Å². The van der Waals surface area contributed by atoms with Crippen LogP contribution in [0, 0.1) is 0 Å². The van der Waals surface area contributed by atoms with Gasteiger partial charge in [0.1, 0.15) is 6.61 Å². The number of ether oxygens (including phenoxy) is 1. The molecule has 2 rings (SSSR count). The van der Waals surface area contributed by atoms with Crippen LogP contribution in [-0.4, -0.2) is 13.2 Å². The number of hydrogen-bond acceptors (Lipinski definition) is 2. The van der Waals surface area contributed by atoms with Gasteiger partial charge in [0.2, 0.25) is 0 Å². The summed E-state index contributed by atoms with van der Waals surface area (Å²) in [6, 6.07) is 0. The first kappa shape index (κ1) is 5.43. The molecule has 0 unspecified atom stereocenters. The smallest absolute Gasteiger partial charge is 0.151 e. The second-order valence-corrected chi connectivity index (χ2v) is 2.13. The number of allylic oxidation sites excluding steroid dienone is 2. The van der Waals surface area contributed by atoms with Crippen molar-refractivity contribution in [2.24, 2.45) is 0 Å². The third kappa shape index (κ3) is 0.763. The lowest BCUT2D eigenvalue weighted by Gasteiger charge is -2.18. The minimum Gasteiger partial charge on any atom is -0.489 e. The van der Waals surface area contributed by atoms with Crippen molar-refractivity contribution >= 4 is 0 Å². The van der Waals surface area contributed by atoms with Gasteiger partial charge in [0.15, 0.2) is 5.76 Å². The van der Waals surface area contributed by atoms with Crippen LogP contribution in [0.5, 0.6) is 0 Å². The molecule has 10 heavy (non-hydrogen) atoms. The van der Waals surface area contributed by atoms with E-state index in [-0.39, 0.29) is 0 Å². The maximum Gasteiger partial charge on any atom is 0.151 e. The van der Waals surface area contributed by atoms with E-state index in [0.717, 1.165) is 24.6 Å². The molecule has 2 nitrogen and oxygen atoms in total. The van der Waals surface area contributed by atoms with Crippen LogP contribution in [0.3, 0.4) is 0 Å². The SMILES string of the molecule is C1=C=CC2=C(C=1)NCCO2. The fourth-order valence-corrected chi connectivity index (χ4v) is 0.974. The van der Waals surface area contributed by atoms with Crippen LogP contribution in [0.15, 0.2) is 35.1 Å². The molecule has 1 heterocycles. The Hall–Kier alpha value is -1.36. The first-order chi connectivity index (χ1) is 4.97. The molecule has 50 valence electrons. The zero-order chi connectivity index (χ0) is 6.81. The summed E-state index contributed by atoms with van der Waals surface area (Å²) in [5.41, 5.74) is 6.70. The Balaban J connectivity index is 2.38. The monoisotopic (exact) mass is 133 g/mol. The van der Waals surface area contributed by atoms with E-state index in [4.69, 9.17) is 4.74 Å². The van der Waals surface area contributed by atoms with E-state index in [1.807, 2.05) is 6.08 Å². The molecule has 0 atom stereocenters. The molecule has 0 bridgehead atoms. The van der Waals surface area contributed by atoms with Gasteiger partial charge in [0.25, 0.3) is 0 Å². The largest absolute Gasteiger partial charge is 0.489 e. The van der Waals surface area contributed by atoms with E-state index >= 15 is 0 Å². The second-order valence-electron chi connectivity index (χ2n) is 2.13. The summed E-state index contributed by atoms with van der Waals surface area (Å²) in [5.74, 6) is 0.880. The fraction of sp³-hybridized carbons (Fsp3) is 0.250. The van der Waals surface area contributed by atoms with E-state index in [1.54, 1.807) is 6.08 Å². The van der Waals surface area contributed by atoms with Gasteiger partial charge in [-0.15, -0.1) is 0 Å². The molecule has 0 radical (unpaired) electrons. The number of rotatable bonds is 0. The summed E-state index contributed by atoms with van der Waals surface area (Å²) in [4.78, 5) is 0. The number of hydrogen-bond donors (Lipinski definition) is 1. The van der Waals surface area contributed by atoms with Gasteiger partial charge in [-0.2, -0.15) is 0 Å². The van der Waals surface area contributed by atoms with Crippen LogP contribution in [0.1, 0.15) is 0 Å². The Morgan fingerprint density at radius 2 is 2.30 bits per heavy atom. The third-order valence-corrected chi connectivity index (χ3v) is 1.44. The van der Waals surface area contributed by atoms with Gasteiger partial charge in [-0.1, -0.05) is 11.5 Å². The van der Waals surface area contributed by atoms with Gasteiger partial charge in [0, 0.05) is 18.7 Å². The summed E-state index contributed by atoms with van der Waals surface area (Å²) < 4.78 is 5.31. The highest BCUT2D eigenvalue weighted by Crippen LogP contribution is 2.11. The molecule has 0 fully saturated rings. The van der Waals surface area contributed by atoms with Gasteiger partial charge >= 0.3 is 0 Å². The predicted molar refractivity (Wildman–Crippen MR) is 37.1 cm³/mol. The normalized spacial score (nSPS) is 20.0. The lowest BCUT2D eigenvalue weighted by molar-refractivity contribution is 0.206. The second kappa shape index (κ2) is 2.11. The summed E-state index contributed by atoms with van der Waals surface area (Å²) >= 11 is 0. The Labute approximate surface area is 59.2 Å². The van der Waals surface area contributed by atoms with Gasteiger partial charge < -0.3 is 10.1 Å². The van der Waals surface area contributed by atoms with Crippen molar-refractivity contribution in [3.8, 4) is 0 Å². The van der Waals surface area contributed by atoms with Crippen LogP contribution in [0.2, 0.25) is 0 Å². The maximum absolute atomic E-state index is 5.31. The Bertz CT molecular complexity index is 248. The van der Waals surface area contributed by atoms with Crippen molar-refractivity contribution in [3.05, 3.63) is 35.1 Å². The van der Waals surface area contributed by atoms with Crippen molar-refractivity contribution < 1.29 is 4.74 Å². The van der Waals surface area contributed by atoms with Crippen molar-refractivity contribution in [1.82, 2.24) is 5.32 Å². The van der Waals surface area contributed by atoms with E-state index in [1.165, 1.54) is 0 Å². The molecule has 0 aromatic carbocycles. The molecule has 0 spiro atoms. The molecule has 0 amide bonds. The highest BCUT2D eigenvalue weighted by atomic mass is 16.5. The van der Waals surface area contributed by atoms with Crippen LogP contribution < -0.4 is 5.32 Å². The average molecular weight is 133 g/mol. The molecule has 2 heteroatoms. The predicted octanol–water partition coefficient (Wildman–Crippen LogP) is 0.698. The summed E-state index contributed by atoms with van der Waals surface area (Å²) in [7, 11) is 0. The van der Waals surface area contributed by atoms with Gasteiger partial charge in [-0.25, -0.2) is 0 Å². The first-order valence-electron chi connectivity index (χ1n) is 3.25. The Kier molecular flexibility index (Phi) is 1.14. The van der Waals surface area contributed by atoms with Crippen LogP contribution in [0.25, 0.3) is 0 Å². The Morgan fingerprint density at radius 3 is 3.20 bits per heavy atom. The van der Waals surface area contributed by atoms with E-state index in [2.05, 4.69) is 16.8 Å². The first-order valence-corrected chi connectivity index (χ1v) is 3.25. The van der Waals surface area contributed by atoms with Gasteiger partial charge in [-0.3, -0.25) is 0 Å². The van der Waals surface area contributed by atoms with Crippen LogP contribution in [0.4, 0.5) is 0 Å². The van der Waals surface area contributed by atoms with Gasteiger partial charge in [0.05, 0.1) is 5.70 Å². The topological polar surface area (TPSA) is 21.3 Å². The lowest BCUT2D eigenvalue weighted by atomic mass is 10.2. The molecule has 1 N–H and O–H groups in total. The third-order valence-electron chi connectivity index (χ3n) is 1.44. The molecule has 0 saturated carbocycles.